The van der Waals surface area contributed by atoms with Gasteiger partial charge in [0, 0.05) is 38.8 Å². The van der Waals surface area contributed by atoms with Crippen LogP contribution in [0.5, 0.6) is 0 Å². The second kappa shape index (κ2) is 9.97. The van der Waals surface area contributed by atoms with Crippen molar-refractivity contribution in [2.75, 3.05) is 58.9 Å². The van der Waals surface area contributed by atoms with Crippen molar-refractivity contribution in [3.05, 3.63) is 22.9 Å². The molecule has 0 aromatic heterocycles. The third-order valence-corrected chi connectivity index (χ3v) is 6.37. The molecule has 3 fully saturated rings. The lowest BCUT2D eigenvalue weighted by Gasteiger charge is -2.30. The highest BCUT2D eigenvalue weighted by atomic mass is 15.4. The summed E-state index contributed by atoms with van der Waals surface area (Å²) in [5.74, 6) is 0.887. The highest BCUT2D eigenvalue weighted by Gasteiger charge is 2.29. The Hall–Kier alpha value is -1.76. The number of nitrogens with zero attached hydrogens (tertiary/aromatic N) is 6. The molecule has 148 valence electrons. The molecule has 0 radical (unpaired) electrons. The average molecular weight is 371 g/mol. The van der Waals surface area contributed by atoms with Gasteiger partial charge in [0.25, 0.3) is 0 Å². The molecule has 1 atom stereocenters. The van der Waals surface area contributed by atoms with Crippen LogP contribution in [0.25, 0.3) is 4.85 Å². The fourth-order valence-corrected chi connectivity index (χ4v) is 4.76. The maximum Gasteiger partial charge on any atom is 0.300 e. The molecule has 3 heterocycles. The molecule has 0 spiro atoms. The van der Waals surface area contributed by atoms with Crippen molar-refractivity contribution >= 4 is 0 Å². The molecule has 0 amide bonds. The SMILES string of the molecule is [C-]#[N+]C(C#N)=C1N(CCCN2CCCCC2)CCN1CCN1CCC[C@H]1C. The average Bonchev–Trinajstić information content (AvgIpc) is 3.28. The van der Waals surface area contributed by atoms with E-state index < -0.39 is 0 Å². The zero-order valence-corrected chi connectivity index (χ0v) is 16.9. The minimum atomic E-state index is 0.264. The molecule has 0 N–H and O–H groups in total. The number of rotatable bonds is 7. The monoisotopic (exact) mass is 370 g/mol. The number of piperidine rings is 1. The zero-order chi connectivity index (χ0) is 19.1. The highest BCUT2D eigenvalue weighted by Crippen LogP contribution is 2.24. The fraction of sp³-hybridized carbons (Fsp3) is 0.810. The molecule has 0 aliphatic carbocycles. The second-order valence-corrected chi connectivity index (χ2v) is 8.15. The predicted molar refractivity (Wildman–Crippen MR) is 108 cm³/mol. The third kappa shape index (κ3) is 5.15. The van der Waals surface area contributed by atoms with Crippen LogP contribution in [0, 0.1) is 17.9 Å². The minimum Gasteiger partial charge on any atom is -0.365 e. The van der Waals surface area contributed by atoms with Crippen molar-refractivity contribution < 1.29 is 0 Å². The lowest BCUT2D eigenvalue weighted by molar-refractivity contribution is 0.211. The van der Waals surface area contributed by atoms with Gasteiger partial charge in [0.05, 0.1) is 12.6 Å². The van der Waals surface area contributed by atoms with Crippen LogP contribution in [0.4, 0.5) is 0 Å². The third-order valence-electron chi connectivity index (χ3n) is 6.37. The van der Waals surface area contributed by atoms with Gasteiger partial charge >= 0.3 is 5.70 Å². The molecule has 3 saturated heterocycles. The first-order chi connectivity index (χ1) is 13.2. The number of likely N-dealkylation sites (tertiary alicyclic amines) is 2. The number of hydrogen-bond donors (Lipinski definition) is 0. The van der Waals surface area contributed by atoms with E-state index in [2.05, 4.69) is 37.4 Å². The van der Waals surface area contributed by atoms with Gasteiger partial charge in [-0.1, -0.05) is 6.42 Å². The van der Waals surface area contributed by atoms with E-state index in [0.717, 1.165) is 51.5 Å². The molecule has 0 bridgehead atoms. The van der Waals surface area contributed by atoms with Crippen molar-refractivity contribution in [2.45, 2.75) is 51.5 Å². The van der Waals surface area contributed by atoms with Gasteiger partial charge in [0.1, 0.15) is 5.82 Å². The van der Waals surface area contributed by atoms with Crippen LogP contribution in [-0.4, -0.2) is 84.5 Å². The van der Waals surface area contributed by atoms with E-state index >= 15 is 0 Å². The molecule has 0 unspecified atom stereocenters. The van der Waals surface area contributed by atoms with Crippen LogP contribution in [-0.2, 0) is 0 Å². The van der Waals surface area contributed by atoms with Crippen LogP contribution in [0.15, 0.2) is 11.5 Å². The minimum absolute atomic E-state index is 0.264. The predicted octanol–water partition coefficient (Wildman–Crippen LogP) is 2.58. The van der Waals surface area contributed by atoms with E-state index in [4.69, 9.17) is 6.57 Å². The largest absolute Gasteiger partial charge is 0.365 e. The Morgan fingerprint density at radius 3 is 2.37 bits per heavy atom. The highest BCUT2D eigenvalue weighted by molar-refractivity contribution is 5.33. The second-order valence-electron chi connectivity index (χ2n) is 8.15. The lowest BCUT2D eigenvalue weighted by Crippen LogP contribution is -2.36. The summed E-state index contributed by atoms with van der Waals surface area (Å²) in [6.07, 6.45) is 7.71. The molecule has 3 aliphatic heterocycles. The first-order valence-electron chi connectivity index (χ1n) is 10.7. The normalized spacial score (nSPS) is 26.3. The molecular weight excluding hydrogens is 336 g/mol. The number of allylic oxidation sites excluding steroid dienone is 1. The summed E-state index contributed by atoms with van der Waals surface area (Å²) >= 11 is 0. The van der Waals surface area contributed by atoms with Crippen LogP contribution in [0.2, 0.25) is 0 Å². The van der Waals surface area contributed by atoms with E-state index in [1.807, 2.05) is 0 Å². The Kier molecular flexibility index (Phi) is 7.38. The Bertz CT molecular complexity index is 579. The van der Waals surface area contributed by atoms with E-state index in [-0.39, 0.29) is 5.70 Å². The maximum atomic E-state index is 9.48. The van der Waals surface area contributed by atoms with Gasteiger partial charge in [0.2, 0.25) is 0 Å². The lowest BCUT2D eigenvalue weighted by atomic mass is 10.1. The van der Waals surface area contributed by atoms with Gasteiger partial charge in [0.15, 0.2) is 0 Å². The molecule has 27 heavy (non-hydrogen) atoms. The Labute approximate surface area is 164 Å². The number of nitriles is 1. The maximum absolute atomic E-state index is 9.48. The van der Waals surface area contributed by atoms with Gasteiger partial charge in [-0.05, 0) is 65.2 Å². The van der Waals surface area contributed by atoms with Gasteiger partial charge < -0.3 is 14.7 Å². The molecule has 0 saturated carbocycles. The molecule has 0 aromatic rings. The van der Waals surface area contributed by atoms with Crippen LogP contribution >= 0.6 is 0 Å². The summed E-state index contributed by atoms with van der Waals surface area (Å²) in [5.41, 5.74) is 0.264. The van der Waals surface area contributed by atoms with Crippen LogP contribution in [0.1, 0.15) is 45.4 Å². The smallest absolute Gasteiger partial charge is 0.300 e. The first kappa shape index (κ1) is 20.0. The first-order valence-corrected chi connectivity index (χ1v) is 10.7. The molecule has 3 aliphatic rings. The van der Waals surface area contributed by atoms with Crippen molar-refractivity contribution in [3.8, 4) is 6.07 Å². The van der Waals surface area contributed by atoms with Gasteiger partial charge in [-0.2, -0.15) is 0 Å². The molecule has 0 aromatic carbocycles. The summed E-state index contributed by atoms with van der Waals surface area (Å²) in [7, 11) is 0. The van der Waals surface area contributed by atoms with Crippen LogP contribution < -0.4 is 0 Å². The topological polar surface area (TPSA) is 41.1 Å². The molecule has 6 nitrogen and oxygen atoms in total. The van der Waals surface area contributed by atoms with Gasteiger partial charge in [-0.15, -0.1) is 0 Å². The summed E-state index contributed by atoms with van der Waals surface area (Å²) in [6, 6.07) is 2.81. The van der Waals surface area contributed by atoms with Crippen molar-refractivity contribution in [3.63, 3.8) is 0 Å². The molecule has 3 rings (SSSR count). The van der Waals surface area contributed by atoms with Crippen molar-refractivity contribution in [2.24, 2.45) is 0 Å². The van der Waals surface area contributed by atoms with E-state index in [9.17, 15) is 5.26 Å². The quantitative estimate of drug-likeness (QED) is 0.509. The summed E-state index contributed by atoms with van der Waals surface area (Å²) in [6.45, 7) is 19.3. The summed E-state index contributed by atoms with van der Waals surface area (Å²) in [5, 5.41) is 9.48. The van der Waals surface area contributed by atoms with Crippen LogP contribution in [0.3, 0.4) is 0 Å². The van der Waals surface area contributed by atoms with Gasteiger partial charge in [-0.25, -0.2) is 10.1 Å². The summed E-state index contributed by atoms with van der Waals surface area (Å²) < 4.78 is 0. The van der Waals surface area contributed by atoms with E-state index in [1.54, 1.807) is 0 Å². The van der Waals surface area contributed by atoms with E-state index in [1.165, 1.54) is 51.7 Å². The van der Waals surface area contributed by atoms with Crippen molar-refractivity contribution in [1.29, 1.82) is 5.26 Å². The van der Waals surface area contributed by atoms with E-state index in [0.29, 0.717) is 6.04 Å². The van der Waals surface area contributed by atoms with Crippen molar-refractivity contribution in [1.82, 2.24) is 19.6 Å². The summed E-state index contributed by atoms with van der Waals surface area (Å²) in [4.78, 5) is 13.2. The fourth-order valence-electron chi connectivity index (χ4n) is 4.76. The Morgan fingerprint density at radius 2 is 1.74 bits per heavy atom. The Morgan fingerprint density at radius 1 is 1.00 bits per heavy atom. The Balaban J connectivity index is 1.56. The zero-order valence-electron chi connectivity index (χ0n) is 16.9. The molecular formula is C21H34N6. The van der Waals surface area contributed by atoms with Gasteiger partial charge in [-0.3, -0.25) is 4.90 Å². The standard InChI is InChI=1S/C21H34N6/c1-19-8-6-12-25(19)14-15-27-17-16-26(21(27)20(18-22)23-2)13-7-11-24-9-4-3-5-10-24/h19H,3-17H2,1H3/t19-/m1/s1. The number of hydrogen-bond acceptors (Lipinski definition) is 5. The molecule has 6 heteroatoms.